The average Bonchev–Trinajstić information content (AvgIpc) is 2.28. The van der Waals surface area contributed by atoms with Gasteiger partial charge in [0.15, 0.2) is 5.43 Å². The van der Waals surface area contributed by atoms with E-state index in [1.165, 1.54) is 17.2 Å². The molecule has 1 heterocycles. The van der Waals surface area contributed by atoms with Gasteiger partial charge >= 0.3 is 0 Å². The normalized spacial score (nSPS) is 10.3. The molecule has 17 heavy (non-hydrogen) atoms. The molecule has 1 aromatic heterocycles. The molecule has 0 saturated carbocycles. The predicted octanol–water partition coefficient (Wildman–Crippen LogP) is 1.60. The Morgan fingerprint density at radius 3 is 2.41 bits per heavy atom. The molecule has 0 radical (unpaired) electrons. The molecule has 0 aliphatic heterocycles. The number of aryl methyl sites for hydroxylation is 1. The first-order valence-electron chi connectivity index (χ1n) is 5.20. The molecule has 0 spiro atoms. The number of hydrogen-bond donors (Lipinski definition) is 1. The Balaban J connectivity index is 2.96. The van der Waals surface area contributed by atoms with Gasteiger partial charge in [-0.1, -0.05) is 0 Å². The first-order chi connectivity index (χ1) is 8.10. The Morgan fingerprint density at radius 1 is 1.35 bits per heavy atom. The quantitative estimate of drug-likeness (QED) is 0.831. The lowest BCUT2D eigenvalue weighted by Gasteiger charge is -2.20. The molecule has 0 aliphatic carbocycles. The highest BCUT2D eigenvalue weighted by molar-refractivity contribution is 6.18. The molecule has 0 saturated heterocycles. The minimum Gasteiger partial charge on any atom is -0.364 e. The second-order valence-corrected chi connectivity index (χ2v) is 4.32. The second-order valence-electron chi connectivity index (χ2n) is 3.56. The van der Waals surface area contributed by atoms with E-state index in [0.717, 1.165) is 0 Å². The van der Waals surface area contributed by atoms with Crippen LogP contribution in [0, 0.1) is 6.92 Å². The first-order valence-corrected chi connectivity index (χ1v) is 6.27. The fraction of sp³-hybridized carbons (Fsp3) is 0.455. The van der Waals surface area contributed by atoms with E-state index in [9.17, 15) is 9.59 Å². The number of H-pyrrole nitrogens is 1. The van der Waals surface area contributed by atoms with Crippen molar-refractivity contribution in [1.82, 2.24) is 9.88 Å². The van der Waals surface area contributed by atoms with E-state index in [2.05, 4.69) is 4.98 Å². The Kier molecular flexibility index (Phi) is 5.51. The van der Waals surface area contributed by atoms with Crippen LogP contribution in [0.1, 0.15) is 16.1 Å². The molecule has 0 fully saturated rings. The molecule has 0 atom stereocenters. The second kappa shape index (κ2) is 6.67. The zero-order valence-corrected chi connectivity index (χ0v) is 11.0. The van der Waals surface area contributed by atoms with Crippen LogP contribution >= 0.6 is 23.2 Å². The van der Waals surface area contributed by atoms with Crippen LogP contribution in [0.25, 0.3) is 0 Å². The molecule has 1 rings (SSSR count). The van der Waals surface area contributed by atoms with E-state index in [0.29, 0.717) is 30.5 Å². The van der Waals surface area contributed by atoms with Gasteiger partial charge in [0.1, 0.15) is 5.56 Å². The van der Waals surface area contributed by atoms with E-state index in [1.54, 1.807) is 6.92 Å². The molecular weight excluding hydrogens is 263 g/mol. The first kappa shape index (κ1) is 14.1. The number of pyridine rings is 1. The lowest BCUT2D eigenvalue weighted by molar-refractivity contribution is 0.0773. The maximum atomic E-state index is 12.0. The van der Waals surface area contributed by atoms with Crippen molar-refractivity contribution in [3.05, 3.63) is 33.7 Å². The van der Waals surface area contributed by atoms with Gasteiger partial charge in [0, 0.05) is 42.8 Å². The van der Waals surface area contributed by atoms with Crippen LogP contribution in [-0.2, 0) is 0 Å². The number of carbonyl (C=O) groups is 1. The summed E-state index contributed by atoms with van der Waals surface area (Å²) in [4.78, 5) is 28.0. The van der Waals surface area contributed by atoms with E-state index in [4.69, 9.17) is 23.2 Å². The topological polar surface area (TPSA) is 53.2 Å². The maximum Gasteiger partial charge on any atom is 0.259 e. The largest absolute Gasteiger partial charge is 0.364 e. The number of aromatic nitrogens is 1. The maximum absolute atomic E-state index is 12.0. The van der Waals surface area contributed by atoms with Crippen LogP contribution in [0.3, 0.4) is 0 Å². The van der Waals surface area contributed by atoms with Crippen molar-refractivity contribution < 1.29 is 4.79 Å². The number of nitrogens with one attached hydrogen (secondary N) is 1. The number of rotatable bonds is 5. The number of carbonyl (C=O) groups excluding carboxylic acids is 1. The molecule has 0 unspecified atom stereocenters. The third-order valence-electron chi connectivity index (χ3n) is 2.28. The summed E-state index contributed by atoms with van der Waals surface area (Å²) in [5.41, 5.74) is 0.541. The number of hydrogen-bond acceptors (Lipinski definition) is 2. The number of halogens is 2. The summed E-state index contributed by atoms with van der Waals surface area (Å²) in [6, 6.07) is 1.40. The van der Waals surface area contributed by atoms with Crippen molar-refractivity contribution in [3.63, 3.8) is 0 Å². The Hall–Kier alpha value is -1.00. The molecule has 0 bridgehead atoms. The average molecular weight is 277 g/mol. The van der Waals surface area contributed by atoms with Crippen molar-refractivity contribution >= 4 is 29.1 Å². The standard InChI is InChI=1S/C11H14Cl2N2O2/c1-8-6-10(16)9(7-14-8)11(17)15(4-2-12)5-3-13/h6-7H,2-5H2,1H3,(H,14,16). The van der Waals surface area contributed by atoms with Crippen LogP contribution in [0.5, 0.6) is 0 Å². The molecule has 6 heteroatoms. The van der Waals surface area contributed by atoms with Crippen LogP contribution in [0.15, 0.2) is 17.1 Å². The van der Waals surface area contributed by atoms with Crippen molar-refractivity contribution in [2.75, 3.05) is 24.8 Å². The molecule has 94 valence electrons. The fourth-order valence-corrected chi connectivity index (χ4v) is 1.84. The van der Waals surface area contributed by atoms with E-state index in [1.807, 2.05) is 0 Å². The van der Waals surface area contributed by atoms with Crippen LogP contribution in [0.4, 0.5) is 0 Å². The minimum absolute atomic E-state index is 0.117. The smallest absolute Gasteiger partial charge is 0.259 e. The fourth-order valence-electron chi connectivity index (χ4n) is 1.43. The molecule has 1 aromatic rings. The van der Waals surface area contributed by atoms with Gasteiger partial charge in [-0.15, -0.1) is 23.2 Å². The van der Waals surface area contributed by atoms with Gasteiger partial charge < -0.3 is 9.88 Å². The third kappa shape index (κ3) is 3.75. The predicted molar refractivity (Wildman–Crippen MR) is 69.1 cm³/mol. The summed E-state index contributed by atoms with van der Waals surface area (Å²) in [6.45, 7) is 2.51. The summed E-state index contributed by atoms with van der Waals surface area (Å²) in [5, 5.41) is 0. The van der Waals surface area contributed by atoms with E-state index in [-0.39, 0.29) is 16.9 Å². The lowest BCUT2D eigenvalue weighted by Crippen LogP contribution is -2.37. The summed E-state index contributed by atoms with van der Waals surface area (Å²) < 4.78 is 0. The van der Waals surface area contributed by atoms with Crippen LogP contribution < -0.4 is 5.43 Å². The van der Waals surface area contributed by atoms with E-state index >= 15 is 0 Å². The lowest BCUT2D eigenvalue weighted by atomic mass is 10.2. The molecular formula is C11H14Cl2N2O2. The Morgan fingerprint density at radius 2 is 1.94 bits per heavy atom. The van der Waals surface area contributed by atoms with Crippen molar-refractivity contribution in [1.29, 1.82) is 0 Å². The SMILES string of the molecule is Cc1cc(=O)c(C(=O)N(CCCl)CCCl)c[nH]1. The van der Waals surface area contributed by atoms with Gasteiger partial charge in [0.2, 0.25) is 0 Å². The molecule has 1 amide bonds. The minimum atomic E-state index is -0.340. The summed E-state index contributed by atoms with van der Waals surface area (Å²) >= 11 is 11.2. The van der Waals surface area contributed by atoms with Crippen molar-refractivity contribution in [3.8, 4) is 0 Å². The van der Waals surface area contributed by atoms with Gasteiger partial charge in [0.05, 0.1) is 0 Å². The van der Waals surface area contributed by atoms with Crippen LogP contribution in [-0.4, -0.2) is 40.6 Å². The number of nitrogens with zero attached hydrogens (tertiary/aromatic N) is 1. The number of alkyl halides is 2. The van der Waals surface area contributed by atoms with Crippen LogP contribution in [0.2, 0.25) is 0 Å². The number of aromatic amines is 1. The zero-order chi connectivity index (χ0) is 12.8. The highest BCUT2D eigenvalue weighted by atomic mass is 35.5. The van der Waals surface area contributed by atoms with Gasteiger partial charge in [-0.3, -0.25) is 9.59 Å². The van der Waals surface area contributed by atoms with Gasteiger partial charge in [-0.25, -0.2) is 0 Å². The van der Waals surface area contributed by atoms with Crippen molar-refractivity contribution in [2.24, 2.45) is 0 Å². The summed E-state index contributed by atoms with van der Waals surface area (Å²) in [6.07, 6.45) is 1.43. The van der Waals surface area contributed by atoms with Gasteiger partial charge in [-0.2, -0.15) is 0 Å². The van der Waals surface area contributed by atoms with Gasteiger partial charge in [-0.05, 0) is 6.92 Å². The van der Waals surface area contributed by atoms with Crippen molar-refractivity contribution in [2.45, 2.75) is 6.92 Å². The molecule has 1 N–H and O–H groups in total. The zero-order valence-electron chi connectivity index (χ0n) is 9.50. The third-order valence-corrected chi connectivity index (χ3v) is 2.62. The highest BCUT2D eigenvalue weighted by Crippen LogP contribution is 2.01. The number of amides is 1. The van der Waals surface area contributed by atoms with E-state index < -0.39 is 0 Å². The summed E-state index contributed by atoms with van der Waals surface area (Å²) in [7, 11) is 0. The summed E-state index contributed by atoms with van der Waals surface area (Å²) in [5.74, 6) is 0.284. The Labute approximate surface area is 110 Å². The molecule has 4 nitrogen and oxygen atoms in total. The monoisotopic (exact) mass is 276 g/mol. The molecule has 0 aromatic carbocycles. The highest BCUT2D eigenvalue weighted by Gasteiger charge is 2.17. The Bertz CT molecular complexity index is 439. The molecule has 0 aliphatic rings. The van der Waals surface area contributed by atoms with Gasteiger partial charge in [0.25, 0.3) is 5.91 Å².